The van der Waals surface area contributed by atoms with Gasteiger partial charge in [-0.1, -0.05) is 15.9 Å². The highest BCUT2D eigenvalue weighted by molar-refractivity contribution is 9.10. The summed E-state index contributed by atoms with van der Waals surface area (Å²) in [4.78, 5) is 13.0. The Labute approximate surface area is 113 Å². The molecule has 0 saturated heterocycles. The van der Waals surface area contributed by atoms with Crippen molar-refractivity contribution in [3.8, 4) is 0 Å². The number of ketones is 1. The fraction of sp³-hybridized carbons (Fsp3) is 0.154. The van der Waals surface area contributed by atoms with Gasteiger partial charge in [0.15, 0.2) is 5.78 Å². The predicted molar refractivity (Wildman–Crippen MR) is 74.6 cm³/mol. The van der Waals surface area contributed by atoms with Gasteiger partial charge in [0.1, 0.15) is 0 Å². The lowest BCUT2D eigenvalue weighted by atomic mass is 10.2. The highest BCUT2D eigenvalue weighted by Crippen LogP contribution is 2.21. The molecule has 88 valence electrons. The Balaban J connectivity index is 1.94. The van der Waals surface area contributed by atoms with Crippen molar-refractivity contribution < 1.29 is 4.79 Å². The molecular weight excluding hydrogens is 298 g/mol. The first kappa shape index (κ1) is 12.5. The standard InChI is InChI=1S/C13H12BrNOS/c1-15-7-6-10(8-15)13(16)9-17-12-4-2-11(14)3-5-12/h2-8H,9H2,1H3. The Morgan fingerprint density at radius 2 is 2.00 bits per heavy atom. The molecule has 4 heteroatoms. The summed E-state index contributed by atoms with van der Waals surface area (Å²) in [5.74, 6) is 0.643. The fourth-order valence-electron chi connectivity index (χ4n) is 1.43. The SMILES string of the molecule is Cn1ccc(C(=O)CSc2ccc(Br)cc2)c1. The summed E-state index contributed by atoms with van der Waals surface area (Å²) in [5, 5.41) is 0. The third-order valence-corrected chi connectivity index (χ3v) is 3.88. The quantitative estimate of drug-likeness (QED) is 0.633. The van der Waals surface area contributed by atoms with Crippen LogP contribution in [0, 0.1) is 0 Å². The number of benzene rings is 1. The number of aryl methyl sites for hydroxylation is 1. The topological polar surface area (TPSA) is 22.0 Å². The second-order valence-electron chi connectivity index (χ2n) is 3.73. The Kier molecular flexibility index (Phi) is 4.07. The molecule has 0 N–H and O–H groups in total. The van der Waals surface area contributed by atoms with E-state index in [0.29, 0.717) is 5.75 Å². The lowest BCUT2D eigenvalue weighted by molar-refractivity contribution is 0.102. The van der Waals surface area contributed by atoms with E-state index in [2.05, 4.69) is 15.9 Å². The van der Waals surface area contributed by atoms with Crippen LogP contribution in [-0.4, -0.2) is 16.1 Å². The van der Waals surface area contributed by atoms with Crippen molar-refractivity contribution in [1.29, 1.82) is 0 Å². The molecule has 0 spiro atoms. The van der Waals surface area contributed by atoms with Crippen molar-refractivity contribution >= 4 is 33.5 Å². The maximum atomic E-state index is 11.9. The molecule has 0 atom stereocenters. The maximum Gasteiger partial charge on any atom is 0.174 e. The van der Waals surface area contributed by atoms with Gasteiger partial charge in [-0.2, -0.15) is 0 Å². The molecule has 0 fully saturated rings. The van der Waals surface area contributed by atoms with Gasteiger partial charge in [0.25, 0.3) is 0 Å². The van der Waals surface area contributed by atoms with Gasteiger partial charge < -0.3 is 4.57 Å². The molecule has 0 aliphatic rings. The molecule has 0 aliphatic heterocycles. The molecule has 1 aromatic heterocycles. The minimum absolute atomic E-state index is 0.165. The van der Waals surface area contributed by atoms with E-state index >= 15 is 0 Å². The second-order valence-corrected chi connectivity index (χ2v) is 5.70. The van der Waals surface area contributed by atoms with Gasteiger partial charge in [-0.3, -0.25) is 4.79 Å². The van der Waals surface area contributed by atoms with Crippen molar-refractivity contribution in [2.75, 3.05) is 5.75 Å². The van der Waals surface area contributed by atoms with E-state index in [0.717, 1.165) is 14.9 Å². The summed E-state index contributed by atoms with van der Waals surface area (Å²) in [6.07, 6.45) is 3.74. The molecule has 0 bridgehead atoms. The number of aromatic nitrogens is 1. The van der Waals surface area contributed by atoms with Crippen molar-refractivity contribution in [3.63, 3.8) is 0 Å². The molecule has 1 heterocycles. The summed E-state index contributed by atoms with van der Waals surface area (Å²) >= 11 is 4.95. The van der Waals surface area contributed by atoms with E-state index in [4.69, 9.17) is 0 Å². The van der Waals surface area contributed by atoms with Crippen LogP contribution >= 0.6 is 27.7 Å². The summed E-state index contributed by atoms with van der Waals surface area (Å²) in [7, 11) is 1.92. The monoisotopic (exact) mass is 309 g/mol. The van der Waals surface area contributed by atoms with Gasteiger partial charge in [0.05, 0.1) is 5.75 Å². The third kappa shape index (κ3) is 3.48. The highest BCUT2D eigenvalue weighted by Gasteiger charge is 2.07. The van der Waals surface area contributed by atoms with E-state index in [1.54, 1.807) is 11.8 Å². The molecule has 0 amide bonds. The lowest BCUT2D eigenvalue weighted by Crippen LogP contribution is -2.00. The number of hydrogen-bond acceptors (Lipinski definition) is 2. The number of Topliss-reactive ketones (excluding diaryl/α,β-unsaturated/α-hetero) is 1. The first-order valence-corrected chi connectivity index (χ1v) is 6.96. The van der Waals surface area contributed by atoms with Crippen LogP contribution in [0.5, 0.6) is 0 Å². The van der Waals surface area contributed by atoms with E-state index in [9.17, 15) is 4.79 Å². The molecule has 2 aromatic rings. The van der Waals surface area contributed by atoms with Gasteiger partial charge in [-0.05, 0) is 30.3 Å². The Hall–Kier alpha value is -1.00. The van der Waals surface area contributed by atoms with Crippen LogP contribution in [0.4, 0.5) is 0 Å². The lowest BCUT2D eigenvalue weighted by Gasteiger charge is -2.00. The largest absolute Gasteiger partial charge is 0.357 e. The molecule has 2 nitrogen and oxygen atoms in total. The average molecular weight is 310 g/mol. The van der Waals surface area contributed by atoms with Crippen LogP contribution < -0.4 is 0 Å². The maximum absolute atomic E-state index is 11.9. The van der Waals surface area contributed by atoms with E-state index < -0.39 is 0 Å². The minimum Gasteiger partial charge on any atom is -0.357 e. The van der Waals surface area contributed by atoms with Crippen molar-refractivity contribution in [1.82, 2.24) is 4.57 Å². The molecule has 0 radical (unpaired) electrons. The second kappa shape index (κ2) is 5.56. The van der Waals surface area contributed by atoms with Crippen molar-refractivity contribution in [2.24, 2.45) is 7.05 Å². The third-order valence-electron chi connectivity index (χ3n) is 2.34. The molecule has 2 rings (SSSR count). The van der Waals surface area contributed by atoms with E-state index in [-0.39, 0.29) is 5.78 Å². The summed E-state index contributed by atoms with van der Waals surface area (Å²) in [6.45, 7) is 0. The number of hydrogen-bond donors (Lipinski definition) is 0. The summed E-state index contributed by atoms with van der Waals surface area (Å²) < 4.78 is 2.94. The fourth-order valence-corrected chi connectivity index (χ4v) is 2.49. The first-order valence-electron chi connectivity index (χ1n) is 5.19. The molecule has 0 unspecified atom stereocenters. The highest BCUT2D eigenvalue weighted by atomic mass is 79.9. The molecule has 17 heavy (non-hydrogen) atoms. The van der Waals surface area contributed by atoms with E-state index in [1.165, 1.54) is 0 Å². The van der Waals surface area contributed by atoms with Gasteiger partial charge >= 0.3 is 0 Å². The normalized spacial score (nSPS) is 10.5. The Morgan fingerprint density at radius 3 is 2.59 bits per heavy atom. The van der Waals surface area contributed by atoms with Crippen LogP contribution in [0.15, 0.2) is 52.1 Å². The van der Waals surface area contributed by atoms with Crippen LogP contribution in [0.3, 0.4) is 0 Å². The zero-order valence-corrected chi connectivity index (χ0v) is 11.8. The number of halogens is 1. The van der Waals surface area contributed by atoms with Crippen molar-refractivity contribution in [2.45, 2.75) is 4.90 Å². The average Bonchev–Trinajstić information content (AvgIpc) is 2.75. The van der Waals surface area contributed by atoms with Gasteiger partial charge in [0, 0.05) is 34.4 Å². The van der Waals surface area contributed by atoms with Crippen LogP contribution in [0.2, 0.25) is 0 Å². The number of carbonyl (C=O) groups excluding carboxylic acids is 1. The number of carbonyl (C=O) groups is 1. The Bertz CT molecular complexity index is 518. The van der Waals surface area contributed by atoms with Crippen LogP contribution in [0.1, 0.15) is 10.4 Å². The number of rotatable bonds is 4. The predicted octanol–water partition coefficient (Wildman–Crippen LogP) is 3.76. The number of nitrogens with zero attached hydrogens (tertiary/aromatic N) is 1. The zero-order chi connectivity index (χ0) is 12.3. The minimum atomic E-state index is 0.165. The van der Waals surface area contributed by atoms with Gasteiger partial charge in [-0.15, -0.1) is 11.8 Å². The molecule has 1 aromatic carbocycles. The number of thioether (sulfide) groups is 1. The summed E-state index contributed by atoms with van der Waals surface area (Å²) in [5.41, 5.74) is 0.775. The molecular formula is C13H12BrNOS. The summed E-state index contributed by atoms with van der Waals surface area (Å²) in [6, 6.07) is 9.83. The van der Waals surface area contributed by atoms with Gasteiger partial charge in [0.2, 0.25) is 0 Å². The first-order chi connectivity index (χ1) is 8.15. The van der Waals surface area contributed by atoms with Crippen molar-refractivity contribution in [3.05, 3.63) is 52.8 Å². The smallest absolute Gasteiger partial charge is 0.174 e. The Morgan fingerprint density at radius 1 is 1.29 bits per heavy atom. The van der Waals surface area contributed by atoms with Crippen LogP contribution in [0.25, 0.3) is 0 Å². The van der Waals surface area contributed by atoms with Gasteiger partial charge in [-0.25, -0.2) is 0 Å². The van der Waals surface area contributed by atoms with E-state index in [1.807, 2.05) is 54.3 Å². The zero-order valence-electron chi connectivity index (χ0n) is 9.39. The molecule has 0 saturated carbocycles. The van der Waals surface area contributed by atoms with Crippen LogP contribution in [-0.2, 0) is 7.05 Å². The molecule has 0 aliphatic carbocycles.